The zero-order valence-corrected chi connectivity index (χ0v) is 12.5. The number of carbonyl (C=O) groups excluding carboxylic acids is 1. The Labute approximate surface area is 134 Å². The topological polar surface area (TPSA) is 90.7 Å². The fourth-order valence-corrected chi connectivity index (χ4v) is 2.23. The molecule has 1 aliphatic heterocycles. The van der Waals surface area contributed by atoms with Crippen LogP contribution in [0.4, 0.5) is 18.9 Å². The molecule has 1 aliphatic rings. The summed E-state index contributed by atoms with van der Waals surface area (Å²) in [6, 6.07) is 2.00. The van der Waals surface area contributed by atoms with Gasteiger partial charge in [0.15, 0.2) is 6.61 Å². The molecule has 2 rings (SSSR count). The van der Waals surface area contributed by atoms with E-state index in [-0.39, 0.29) is 6.04 Å². The number of hydrogen-bond donors (Lipinski definition) is 1. The summed E-state index contributed by atoms with van der Waals surface area (Å²) in [4.78, 5) is 21.4. The molecule has 0 aromatic heterocycles. The molecule has 1 N–H and O–H groups in total. The minimum atomic E-state index is -4.83. The summed E-state index contributed by atoms with van der Waals surface area (Å²) in [7, 11) is 0. The van der Waals surface area contributed by atoms with Crippen LogP contribution in [0, 0.1) is 10.1 Å². The molecule has 1 amide bonds. The highest BCUT2D eigenvalue weighted by molar-refractivity contribution is 5.77. The lowest BCUT2D eigenvalue weighted by molar-refractivity contribution is -0.385. The molecule has 0 bridgehead atoms. The van der Waals surface area contributed by atoms with Crippen LogP contribution in [0.3, 0.4) is 0 Å². The SMILES string of the molecule is O=C(COc1ccc([N+](=O)[O-])cc1C(F)(F)F)NC1CCOCC1. The van der Waals surface area contributed by atoms with Crippen LogP contribution in [-0.4, -0.2) is 36.7 Å². The number of ether oxygens (including phenoxy) is 2. The first-order valence-electron chi connectivity index (χ1n) is 7.13. The van der Waals surface area contributed by atoms with E-state index >= 15 is 0 Å². The number of nitro groups is 1. The molecule has 1 fully saturated rings. The summed E-state index contributed by atoms with van der Waals surface area (Å²) in [6.07, 6.45) is -3.59. The van der Waals surface area contributed by atoms with Gasteiger partial charge >= 0.3 is 6.18 Å². The van der Waals surface area contributed by atoms with Crippen LogP contribution in [0.1, 0.15) is 18.4 Å². The molecule has 24 heavy (non-hydrogen) atoms. The second kappa shape index (κ2) is 7.47. The predicted molar refractivity (Wildman–Crippen MR) is 75.6 cm³/mol. The van der Waals surface area contributed by atoms with E-state index in [2.05, 4.69) is 5.32 Å². The number of nitrogens with zero attached hydrogens (tertiary/aromatic N) is 1. The molecular formula is C14H15F3N2O5. The van der Waals surface area contributed by atoms with Gasteiger partial charge in [0.1, 0.15) is 11.3 Å². The number of nitrogens with one attached hydrogen (secondary N) is 1. The lowest BCUT2D eigenvalue weighted by Gasteiger charge is -2.23. The average molecular weight is 348 g/mol. The Morgan fingerprint density at radius 1 is 1.38 bits per heavy atom. The monoisotopic (exact) mass is 348 g/mol. The summed E-state index contributed by atoms with van der Waals surface area (Å²) >= 11 is 0. The smallest absolute Gasteiger partial charge is 0.420 e. The largest absolute Gasteiger partial charge is 0.483 e. The first kappa shape index (κ1) is 18.0. The van der Waals surface area contributed by atoms with Crippen molar-refractivity contribution in [2.45, 2.75) is 25.1 Å². The zero-order chi connectivity index (χ0) is 17.7. The van der Waals surface area contributed by atoms with Gasteiger partial charge < -0.3 is 14.8 Å². The van der Waals surface area contributed by atoms with Crippen LogP contribution in [0.25, 0.3) is 0 Å². The quantitative estimate of drug-likeness (QED) is 0.651. The molecule has 1 aromatic rings. The summed E-state index contributed by atoms with van der Waals surface area (Å²) in [6.45, 7) is 0.400. The van der Waals surface area contributed by atoms with E-state index < -0.39 is 40.6 Å². The maximum Gasteiger partial charge on any atom is 0.420 e. The van der Waals surface area contributed by atoms with Crippen molar-refractivity contribution < 1.29 is 32.4 Å². The summed E-state index contributed by atoms with van der Waals surface area (Å²) in [5.74, 6) is -1.19. The first-order valence-corrected chi connectivity index (χ1v) is 7.13. The maximum absolute atomic E-state index is 13.0. The number of benzene rings is 1. The highest BCUT2D eigenvalue weighted by atomic mass is 19.4. The van der Waals surface area contributed by atoms with E-state index in [0.717, 1.165) is 12.1 Å². The molecule has 7 nitrogen and oxygen atoms in total. The Morgan fingerprint density at radius 2 is 2.04 bits per heavy atom. The Balaban J connectivity index is 2.03. The molecule has 0 saturated carbocycles. The molecule has 1 aromatic carbocycles. The van der Waals surface area contributed by atoms with Gasteiger partial charge in [-0.2, -0.15) is 13.2 Å². The lowest BCUT2D eigenvalue weighted by atomic mass is 10.1. The molecular weight excluding hydrogens is 333 g/mol. The molecule has 132 valence electrons. The number of halogens is 3. The Bertz CT molecular complexity index is 615. The van der Waals surface area contributed by atoms with Crippen LogP contribution in [-0.2, 0) is 15.7 Å². The van der Waals surface area contributed by atoms with Crippen molar-refractivity contribution >= 4 is 11.6 Å². The van der Waals surface area contributed by atoms with Crippen molar-refractivity contribution in [3.8, 4) is 5.75 Å². The van der Waals surface area contributed by atoms with Gasteiger partial charge in [-0.05, 0) is 18.9 Å². The molecule has 1 heterocycles. The number of alkyl halides is 3. The average Bonchev–Trinajstić information content (AvgIpc) is 2.52. The second-order valence-electron chi connectivity index (χ2n) is 5.18. The molecule has 0 spiro atoms. The Morgan fingerprint density at radius 3 is 2.62 bits per heavy atom. The van der Waals surface area contributed by atoms with Gasteiger partial charge in [0.25, 0.3) is 11.6 Å². The molecule has 0 radical (unpaired) electrons. The van der Waals surface area contributed by atoms with Crippen molar-refractivity contribution in [1.82, 2.24) is 5.32 Å². The third-order valence-corrected chi connectivity index (χ3v) is 3.42. The fourth-order valence-electron chi connectivity index (χ4n) is 2.23. The molecule has 0 unspecified atom stereocenters. The number of amides is 1. The maximum atomic E-state index is 13.0. The number of nitro benzene ring substituents is 1. The summed E-state index contributed by atoms with van der Waals surface area (Å²) < 4.78 is 49.0. The van der Waals surface area contributed by atoms with E-state index in [9.17, 15) is 28.1 Å². The summed E-state index contributed by atoms with van der Waals surface area (Å²) in [5.41, 5.74) is -2.00. The van der Waals surface area contributed by atoms with E-state index in [1.807, 2.05) is 0 Å². The van der Waals surface area contributed by atoms with Gasteiger partial charge in [-0.3, -0.25) is 14.9 Å². The normalized spacial score (nSPS) is 15.8. The molecule has 0 atom stereocenters. The molecule has 1 saturated heterocycles. The molecule has 10 heteroatoms. The van der Waals surface area contributed by atoms with E-state index in [0.29, 0.717) is 32.1 Å². The minimum absolute atomic E-state index is 0.103. The van der Waals surface area contributed by atoms with Gasteiger partial charge in [0.2, 0.25) is 0 Å². The van der Waals surface area contributed by atoms with Crippen molar-refractivity contribution in [2.24, 2.45) is 0 Å². The standard InChI is InChI=1S/C14H15F3N2O5/c15-14(16,17)11-7-10(19(21)22)1-2-12(11)24-8-13(20)18-9-3-5-23-6-4-9/h1-2,7,9H,3-6,8H2,(H,18,20). The van der Waals surface area contributed by atoms with Gasteiger partial charge in [0.05, 0.1) is 4.92 Å². The van der Waals surface area contributed by atoms with Crippen LogP contribution in [0.5, 0.6) is 5.75 Å². The third kappa shape index (κ3) is 4.82. The van der Waals surface area contributed by atoms with Gasteiger partial charge in [-0.1, -0.05) is 0 Å². The van der Waals surface area contributed by atoms with Crippen LogP contribution in [0.15, 0.2) is 18.2 Å². The Kier molecular flexibility index (Phi) is 5.60. The van der Waals surface area contributed by atoms with Gasteiger partial charge in [0, 0.05) is 31.4 Å². The van der Waals surface area contributed by atoms with Crippen molar-refractivity contribution in [1.29, 1.82) is 0 Å². The number of hydrogen-bond acceptors (Lipinski definition) is 5. The van der Waals surface area contributed by atoms with Crippen LogP contribution < -0.4 is 10.1 Å². The fraction of sp³-hybridized carbons (Fsp3) is 0.500. The minimum Gasteiger partial charge on any atom is -0.483 e. The Hall–Kier alpha value is -2.36. The van der Waals surface area contributed by atoms with E-state index in [1.54, 1.807) is 0 Å². The van der Waals surface area contributed by atoms with Gasteiger partial charge in [-0.15, -0.1) is 0 Å². The highest BCUT2D eigenvalue weighted by Gasteiger charge is 2.36. The zero-order valence-electron chi connectivity index (χ0n) is 12.5. The number of carbonyl (C=O) groups is 1. The van der Waals surface area contributed by atoms with Crippen molar-refractivity contribution in [3.05, 3.63) is 33.9 Å². The second-order valence-corrected chi connectivity index (χ2v) is 5.18. The predicted octanol–water partition coefficient (Wildman–Crippen LogP) is 2.29. The van der Waals surface area contributed by atoms with E-state index in [1.165, 1.54) is 0 Å². The third-order valence-electron chi connectivity index (χ3n) is 3.42. The summed E-state index contributed by atoms with van der Waals surface area (Å²) in [5, 5.41) is 13.2. The molecule has 0 aliphatic carbocycles. The first-order chi connectivity index (χ1) is 11.3. The van der Waals surface area contributed by atoms with Gasteiger partial charge in [-0.25, -0.2) is 0 Å². The van der Waals surface area contributed by atoms with Crippen LogP contribution in [0.2, 0.25) is 0 Å². The van der Waals surface area contributed by atoms with E-state index in [4.69, 9.17) is 9.47 Å². The number of non-ortho nitro benzene ring substituents is 1. The van der Waals surface area contributed by atoms with Crippen molar-refractivity contribution in [3.63, 3.8) is 0 Å². The van der Waals surface area contributed by atoms with Crippen LogP contribution >= 0.6 is 0 Å². The lowest BCUT2D eigenvalue weighted by Crippen LogP contribution is -2.41. The van der Waals surface area contributed by atoms with Crippen molar-refractivity contribution in [2.75, 3.05) is 19.8 Å². The highest BCUT2D eigenvalue weighted by Crippen LogP contribution is 2.38. The number of rotatable bonds is 5.